The van der Waals surface area contributed by atoms with E-state index in [0.29, 0.717) is 35.7 Å². The predicted octanol–water partition coefficient (Wildman–Crippen LogP) is 3.39. The average Bonchev–Trinajstić information content (AvgIpc) is 3.21. The number of carbonyl (C=O) groups is 3. The van der Waals surface area contributed by atoms with Gasteiger partial charge in [0.1, 0.15) is 6.61 Å². The zero-order valence-corrected chi connectivity index (χ0v) is 17.5. The molecular formula is C22H23N3O4S. The zero-order valence-electron chi connectivity index (χ0n) is 16.7. The molecule has 0 saturated carbocycles. The standard InChI is InChI=1S/C22H23N3O4S/c1-15-14-17(21(27)24-9-12-30-13-10-24)4-7-19(15)23-20(26)16-2-5-18(6-3-16)25-8-11-29-22(25)28/h2-7,14H,8-13H2,1H3,(H,23,26). The summed E-state index contributed by atoms with van der Waals surface area (Å²) in [6.45, 7) is 4.29. The van der Waals surface area contributed by atoms with E-state index in [1.54, 1.807) is 36.4 Å². The molecule has 30 heavy (non-hydrogen) atoms. The van der Waals surface area contributed by atoms with Gasteiger partial charge < -0.3 is 15.0 Å². The number of rotatable bonds is 4. The van der Waals surface area contributed by atoms with Crippen molar-refractivity contribution in [1.29, 1.82) is 0 Å². The number of nitrogens with zero attached hydrogens (tertiary/aromatic N) is 2. The summed E-state index contributed by atoms with van der Waals surface area (Å²) in [4.78, 5) is 40.4. The number of carbonyl (C=O) groups excluding carboxylic acids is 3. The molecule has 2 aliphatic rings. The minimum absolute atomic E-state index is 0.0345. The summed E-state index contributed by atoms with van der Waals surface area (Å²) in [6, 6.07) is 12.2. The lowest BCUT2D eigenvalue weighted by molar-refractivity contribution is 0.0772. The van der Waals surface area contributed by atoms with Gasteiger partial charge in [0, 0.05) is 47.1 Å². The Morgan fingerprint density at radius 2 is 1.70 bits per heavy atom. The fourth-order valence-corrected chi connectivity index (χ4v) is 4.40. The molecule has 0 bridgehead atoms. The highest BCUT2D eigenvalue weighted by Crippen LogP contribution is 2.22. The second kappa shape index (κ2) is 8.79. The minimum atomic E-state index is -0.374. The Morgan fingerprint density at radius 1 is 1.00 bits per heavy atom. The van der Waals surface area contributed by atoms with Crippen molar-refractivity contribution in [2.75, 3.05) is 48.0 Å². The van der Waals surface area contributed by atoms with E-state index in [2.05, 4.69) is 5.32 Å². The van der Waals surface area contributed by atoms with Gasteiger partial charge in [0.05, 0.1) is 6.54 Å². The van der Waals surface area contributed by atoms with Crippen molar-refractivity contribution < 1.29 is 19.1 Å². The quantitative estimate of drug-likeness (QED) is 0.812. The Hall–Kier alpha value is -3.00. The third-order valence-electron chi connectivity index (χ3n) is 5.22. The van der Waals surface area contributed by atoms with Gasteiger partial charge in [-0.25, -0.2) is 4.79 Å². The summed E-state index contributed by atoms with van der Waals surface area (Å²) in [6.07, 6.45) is -0.374. The topological polar surface area (TPSA) is 79.0 Å². The number of hydrogen-bond acceptors (Lipinski definition) is 5. The molecule has 8 heteroatoms. The van der Waals surface area contributed by atoms with Crippen LogP contribution < -0.4 is 10.2 Å². The Balaban J connectivity index is 1.42. The molecule has 7 nitrogen and oxygen atoms in total. The first-order valence-corrected chi connectivity index (χ1v) is 11.0. The first-order valence-electron chi connectivity index (χ1n) is 9.86. The van der Waals surface area contributed by atoms with Crippen molar-refractivity contribution in [1.82, 2.24) is 4.90 Å². The van der Waals surface area contributed by atoms with Crippen LogP contribution in [-0.2, 0) is 4.74 Å². The summed E-state index contributed by atoms with van der Waals surface area (Å²) in [5, 5.41) is 2.90. The first-order chi connectivity index (χ1) is 14.5. The molecule has 2 saturated heterocycles. The van der Waals surface area contributed by atoms with E-state index in [1.807, 2.05) is 29.7 Å². The van der Waals surface area contributed by atoms with Crippen molar-refractivity contribution in [3.8, 4) is 0 Å². The van der Waals surface area contributed by atoms with E-state index >= 15 is 0 Å². The van der Waals surface area contributed by atoms with Crippen molar-refractivity contribution >= 4 is 41.0 Å². The highest BCUT2D eigenvalue weighted by molar-refractivity contribution is 7.99. The number of hydrogen-bond donors (Lipinski definition) is 1. The van der Waals surface area contributed by atoms with Gasteiger partial charge in [-0.15, -0.1) is 0 Å². The second-order valence-corrected chi connectivity index (χ2v) is 8.43. The van der Waals surface area contributed by atoms with Gasteiger partial charge >= 0.3 is 6.09 Å². The van der Waals surface area contributed by atoms with Crippen LogP contribution in [0.1, 0.15) is 26.3 Å². The Bertz CT molecular complexity index is 971. The van der Waals surface area contributed by atoms with E-state index in [-0.39, 0.29) is 17.9 Å². The highest BCUT2D eigenvalue weighted by atomic mass is 32.2. The van der Waals surface area contributed by atoms with Crippen LogP contribution in [0.25, 0.3) is 0 Å². The monoisotopic (exact) mass is 425 g/mol. The van der Waals surface area contributed by atoms with Crippen LogP contribution in [0.5, 0.6) is 0 Å². The SMILES string of the molecule is Cc1cc(C(=O)N2CCSCC2)ccc1NC(=O)c1ccc(N2CCOC2=O)cc1. The highest BCUT2D eigenvalue weighted by Gasteiger charge is 2.23. The molecular weight excluding hydrogens is 402 g/mol. The zero-order chi connectivity index (χ0) is 21.1. The van der Waals surface area contributed by atoms with Gasteiger partial charge in [-0.1, -0.05) is 0 Å². The predicted molar refractivity (Wildman–Crippen MR) is 117 cm³/mol. The number of cyclic esters (lactones) is 1. The van der Waals surface area contributed by atoms with Crippen molar-refractivity contribution in [3.63, 3.8) is 0 Å². The van der Waals surface area contributed by atoms with E-state index in [0.717, 1.165) is 30.2 Å². The third kappa shape index (κ3) is 4.28. The maximum Gasteiger partial charge on any atom is 0.414 e. The fraction of sp³-hybridized carbons (Fsp3) is 0.318. The molecule has 3 amide bonds. The van der Waals surface area contributed by atoms with E-state index in [1.165, 1.54) is 4.90 Å². The lowest BCUT2D eigenvalue weighted by atomic mass is 10.1. The van der Waals surface area contributed by atoms with Crippen LogP contribution >= 0.6 is 11.8 Å². The normalized spacial score (nSPS) is 16.4. The number of amides is 3. The van der Waals surface area contributed by atoms with Crippen molar-refractivity contribution in [3.05, 3.63) is 59.2 Å². The van der Waals surface area contributed by atoms with Crippen molar-refractivity contribution in [2.45, 2.75) is 6.92 Å². The number of anilines is 2. The number of benzene rings is 2. The molecule has 0 aromatic heterocycles. The summed E-state index contributed by atoms with van der Waals surface area (Å²) in [5.74, 6) is 1.72. The van der Waals surface area contributed by atoms with Gasteiger partial charge in [0.2, 0.25) is 0 Å². The summed E-state index contributed by atoms with van der Waals surface area (Å²) < 4.78 is 4.93. The van der Waals surface area contributed by atoms with E-state index in [9.17, 15) is 14.4 Å². The van der Waals surface area contributed by atoms with E-state index < -0.39 is 0 Å². The summed E-state index contributed by atoms with van der Waals surface area (Å²) in [7, 11) is 0. The molecule has 0 spiro atoms. The number of thioether (sulfide) groups is 1. The number of ether oxygens (including phenoxy) is 1. The number of nitrogens with one attached hydrogen (secondary N) is 1. The Labute approximate surface area is 179 Å². The van der Waals surface area contributed by atoms with E-state index in [4.69, 9.17) is 4.74 Å². The van der Waals surface area contributed by atoms with Crippen LogP contribution in [0.15, 0.2) is 42.5 Å². The second-order valence-electron chi connectivity index (χ2n) is 7.20. The Morgan fingerprint density at radius 3 is 2.33 bits per heavy atom. The molecule has 2 fully saturated rings. The van der Waals surface area contributed by atoms with Crippen LogP contribution in [-0.4, -0.2) is 60.6 Å². The summed E-state index contributed by atoms with van der Waals surface area (Å²) >= 11 is 1.86. The molecule has 0 unspecified atom stereocenters. The van der Waals surface area contributed by atoms with Crippen molar-refractivity contribution in [2.24, 2.45) is 0 Å². The molecule has 1 N–H and O–H groups in total. The number of aryl methyl sites for hydroxylation is 1. The van der Waals surface area contributed by atoms with Crippen LogP contribution in [0.3, 0.4) is 0 Å². The van der Waals surface area contributed by atoms with Gasteiger partial charge in [-0.05, 0) is 55.0 Å². The molecule has 2 aromatic rings. The molecule has 0 atom stereocenters. The third-order valence-corrected chi connectivity index (χ3v) is 6.16. The molecule has 2 aromatic carbocycles. The Kier molecular flexibility index (Phi) is 5.94. The van der Waals surface area contributed by atoms with Gasteiger partial charge in [0.25, 0.3) is 11.8 Å². The molecule has 0 aliphatic carbocycles. The smallest absolute Gasteiger partial charge is 0.414 e. The molecule has 4 rings (SSSR count). The lowest BCUT2D eigenvalue weighted by Gasteiger charge is -2.26. The first kappa shape index (κ1) is 20.3. The molecule has 2 aliphatic heterocycles. The maximum atomic E-state index is 12.7. The molecule has 0 radical (unpaired) electrons. The van der Waals surface area contributed by atoms with Crippen LogP contribution in [0.2, 0.25) is 0 Å². The van der Waals surface area contributed by atoms with Crippen LogP contribution in [0.4, 0.5) is 16.2 Å². The molecule has 2 heterocycles. The average molecular weight is 426 g/mol. The van der Waals surface area contributed by atoms with Gasteiger partial charge in [-0.2, -0.15) is 11.8 Å². The van der Waals surface area contributed by atoms with Crippen LogP contribution in [0, 0.1) is 6.92 Å². The summed E-state index contributed by atoms with van der Waals surface area (Å²) in [5.41, 5.74) is 3.31. The largest absolute Gasteiger partial charge is 0.447 e. The van der Waals surface area contributed by atoms with Gasteiger partial charge in [0.15, 0.2) is 0 Å². The molecule has 156 valence electrons. The van der Waals surface area contributed by atoms with Gasteiger partial charge in [-0.3, -0.25) is 14.5 Å². The fourth-order valence-electron chi connectivity index (χ4n) is 3.50. The lowest BCUT2D eigenvalue weighted by Crippen LogP contribution is -2.37. The minimum Gasteiger partial charge on any atom is -0.447 e. The maximum absolute atomic E-state index is 12.7.